The van der Waals surface area contributed by atoms with E-state index < -0.39 is 0 Å². The Hall–Kier alpha value is -0.940. The maximum atomic E-state index is 12.5. The molecule has 0 aromatic heterocycles. The van der Waals surface area contributed by atoms with Crippen molar-refractivity contribution in [3.8, 4) is 0 Å². The first-order valence-electron chi connectivity index (χ1n) is 8.13. The maximum Gasteiger partial charge on any atom is 0.248 e. The number of hydrogen-bond acceptors (Lipinski definition) is 4. The van der Waals surface area contributed by atoms with Crippen molar-refractivity contribution in [2.24, 2.45) is 0 Å². The monoisotopic (exact) mass is 279 g/mol. The Morgan fingerprint density at radius 1 is 0.900 bits per heavy atom. The van der Waals surface area contributed by atoms with Crippen LogP contribution in [-0.2, 0) is 9.59 Å². The molecule has 2 aliphatic heterocycles. The quantitative estimate of drug-likeness (QED) is 0.794. The van der Waals surface area contributed by atoms with Gasteiger partial charge in [0.2, 0.25) is 11.8 Å². The summed E-state index contributed by atoms with van der Waals surface area (Å²) in [4.78, 5) is 26.3. The lowest BCUT2D eigenvalue weighted by Gasteiger charge is -2.31. The van der Waals surface area contributed by atoms with Gasteiger partial charge in [0, 0.05) is 19.1 Å². The van der Waals surface area contributed by atoms with Gasteiger partial charge in [-0.1, -0.05) is 25.7 Å². The fourth-order valence-electron chi connectivity index (χ4n) is 3.72. The van der Waals surface area contributed by atoms with E-state index in [1.165, 1.54) is 25.7 Å². The smallest absolute Gasteiger partial charge is 0.248 e. The molecule has 1 N–H and O–H groups in total. The minimum atomic E-state index is -0.317. The number of nitrogens with one attached hydrogen (secondary N) is 1. The largest absolute Gasteiger partial charge is 0.278 e. The molecule has 0 radical (unpaired) electrons. The lowest BCUT2D eigenvalue weighted by atomic mass is 9.94. The predicted octanol–water partition coefficient (Wildman–Crippen LogP) is 1.44. The first-order valence-corrected chi connectivity index (χ1v) is 8.13. The Morgan fingerprint density at radius 2 is 1.55 bits per heavy atom. The van der Waals surface area contributed by atoms with Crippen LogP contribution in [0.25, 0.3) is 0 Å². The van der Waals surface area contributed by atoms with E-state index in [0.29, 0.717) is 6.42 Å². The van der Waals surface area contributed by atoms with Crippen molar-refractivity contribution in [3.05, 3.63) is 0 Å². The Bertz CT molecular complexity index is 373. The second-order valence-electron chi connectivity index (χ2n) is 6.33. The third-order valence-corrected chi connectivity index (χ3v) is 4.82. The lowest BCUT2D eigenvalue weighted by molar-refractivity contribution is -0.142. The van der Waals surface area contributed by atoms with Crippen LogP contribution < -0.4 is 5.43 Å². The number of imide groups is 1. The zero-order valence-corrected chi connectivity index (χ0v) is 12.1. The van der Waals surface area contributed by atoms with Crippen molar-refractivity contribution in [1.82, 2.24) is 15.3 Å². The molecule has 3 rings (SSSR count). The molecule has 0 aromatic carbocycles. The van der Waals surface area contributed by atoms with E-state index >= 15 is 0 Å². The molecule has 20 heavy (non-hydrogen) atoms. The molecule has 2 saturated heterocycles. The van der Waals surface area contributed by atoms with Gasteiger partial charge in [-0.05, 0) is 25.7 Å². The lowest BCUT2D eigenvalue weighted by Crippen LogP contribution is -2.51. The molecule has 1 aliphatic carbocycles. The SMILES string of the molecule is O=C1CC(NN2CCCCC2)C(=O)N1C1CCCCC1. The van der Waals surface area contributed by atoms with E-state index in [9.17, 15) is 9.59 Å². The summed E-state index contributed by atoms with van der Waals surface area (Å²) in [6.45, 7) is 1.97. The zero-order valence-electron chi connectivity index (χ0n) is 12.1. The number of rotatable bonds is 3. The molecule has 0 bridgehead atoms. The molecule has 112 valence electrons. The molecule has 1 atom stereocenters. The van der Waals surface area contributed by atoms with Crippen LogP contribution >= 0.6 is 0 Å². The Kier molecular flexibility index (Phi) is 4.36. The van der Waals surface area contributed by atoms with Crippen LogP contribution in [0.3, 0.4) is 0 Å². The Labute approximate surface area is 120 Å². The van der Waals surface area contributed by atoms with Crippen molar-refractivity contribution in [3.63, 3.8) is 0 Å². The summed E-state index contributed by atoms with van der Waals surface area (Å²) in [5, 5.41) is 2.13. The molecule has 1 unspecified atom stereocenters. The second kappa shape index (κ2) is 6.22. The molecular formula is C15H25N3O2. The summed E-state index contributed by atoms with van der Waals surface area (Å²) in [6.07, 6.45) is 9.47. The van der Waals surface area contributed by atoms with Gasteiger partial charge in [-0.2, -0.15) is 0 Å². The van der Waals surface area contributed by atoms with E-state index in [-0.39, 0.29) is 23.9 Å². The normalized spacial score (nSPS) is 30.2. The number of carbonyl (C=O) groups is 2. The molecule has 0 aromatic rings. The molecule has 5 nitrogen and oxygen atoms in total. The van der Waals surface area contributed by atoms with Crippen LogP contribution in [0.1, 0.15) is 57.8 Å². The topological polar surface area (TPSA) is 52.7 Å². The van der Waals surface area contributed by atoms with Crippen molar-refractivity contribution < 1.29 is 9.59 Å². The van der Waals surface area contributed by atoms with Gasteiger partial charge in [-0.25, -0.2) is 10.4 Å². The van der Waals surface area contributed by atoms with Crippen LogP contribution in [0.4, 0.5) is 0 Å². The second-order valence-corrected chi connectivity index (χ2v) is 6.33. The number of piperidine rings is 1. The molecule has 5 heteroatoms. The third kappa shape index (κ3) is 2.88. The number of carbonyl (C=O) groups excluding carboxylic acids is 2. The molecule has 2 heterocycles. The summed E-state index contributed by atoms with van der Waals surface area (Å²) >= 11 is 0. The van der Waals surface area contributed by atoms with Gasteiger partial charge in [0.25, 0.3) is 0 Å². The van der Waals surface area contributed by atoms with Crippen molar-refractivity contribution >= 4 is 11.8 Å². The van der Waals surface area contributed by atoms with Gasteiger partial charge in [-0.3, -0.25) is 14.5 Å². The fourth-order valence-corrected chi connectivity index (χ4v) is 3.72. The summed E-state index contributed by atoms with van der Waals surface area (Å²) in [5.74, 6) is 0.0314. The van der Waals surface area contributed by atoms with Crippen LogP contribution in [0.5, 0.6) is 0 Å². The Morgan fingerprint density at radius 3 is 2.25 bits per heavy atom. The molecule has 2 amide bonds. The van der Waals surface area contributed by atoms with Crippen LogP contribution in [0, 0.1) is 0 Å². The van der Waals surface area contributed by atoms with Crippen molar-refractivity contribution in [1.29, 1.82) is 0 Å². The minimum Gasteiger partial charge on any atom is -0.278 e. The molecule has 3 fully saturated rings. The standard InChI is InChI=1S/C15H25N3O2/c19-14-11-13(16-17-9-5-2-6-10-17)15(20)18(14)12-7-3-1-4-8-12/h12-13,16H,1-11H2. The fraction of sp³-hybridized carbons (Fsp3) is 0.867. The summed E-state index contributed by atoms with van der Waals surface area (Å²) in [6, 6.07) is -0.153. The zero-order chi connectivity index (χ0) is 13.9. The highest BCUT2D eigenvalue weighted by atomic mass is 16.2. The van der Waals surface area contributed by atoms with E-state index in [1.807, 2.05) is 0 Å². The highest BCUT2D eigenvalue weighted by Crippen LogP contribution is 2.27. The average molecular weight is 279 g/mol. The summed E-state index contributed by atoms with van der Waals surface area (Å²) in [7, 11) is 0. The molecular weight excluding hydrogens is 254 g/mol. The number of likely N-dealkylation sites (tertiary alicyclic amines) is 1. The van der Waals surface area contributed by atoms with E-state index in [4.69, 9.17) is 0 Å². The number of nitrogens with zero attached hydrogens (tertiary/aromatic N) is 2. The highest BCUT2D eigenvalue weighted by Gasteiger charge is 2.43. The number of amides is 2. The Balaban J connectivity index is 1.60. The van der Waals surface area contributed by atoms with E-state index in [0.717, 1.165) is 38.8 Å². The van der Waals surface area contributed by atoms with Gasteiger partial charge in [-0.15, -0.1) is 0 Å². The third-order valence-electron chi connectivity index (χ3n) is 4.82. The van der Waals surface area contributed by atoms with Gasteiger partial charge < -0.3 is 0 Å². The summed E-state index contributed by atoms with van der Waals surface area (Å²) < 4.78 is 0. The van der Waals surface area contributed by atoms with Crippen molar-refractivity contribution in [2.75, 3.05) is 13.1 Å². The molecule has 0 spiro atoms. The average Bonchev–Trinajstić information content (AvgIpc) is 2.75. The summed E-state index contributed by atoms with van der Waals surface area (Å²) in [5.41, 5.74) is 3.29. The first kappa shape index (κ1) is 14.0. The minimum absolute atomic E-state index is 0.00692. The highest BCUT2D eigenvalue weighted by molar-refractivity contribution is 6.05. The maximum absolute atomic E-state index is 12.5. The van der Waals surface area contributed by atoms with Gasteiger partial charge in [0.15, 0.2) is 0 Å². The van der Waals surface area contributed by atoms with Gasteiger partial charge in [0.05, 0.1) is 6.42 Å². The van der Waals surface area contributed by atoms with Crippen LogP contribution in [0.15, 0.2) is 0 Å². The number of hydrogen-bond donors (Lipinski definition) is 1. The predicted molar refractivity (Wildman–Crippen MR) is 75.7 cm³/mol. The van der Waals surface area contributed by atoms with Gasteiger partial charge >= 0.3 is 0 Å². The van der Waals surface area contributed by atoms with Crippen LogP contribution in [0.2, 0.25) is 0 Å². The van der Waals surface area contributed by atoms with Crippen LogP contribution in [-0.4, -0.2) is 46.9 Å². The molecule has 3 aliphatic rings. The van der Waals surface area contributed by atoms with E-state index in [1.54, 1.807) is 4.90 Å². The number of hydrazine groups is 1. The molecule has 1 saturated carbocycles. The van der Waals surface area contributed by atoms with Gasteiger partial charge in [0.1, 0.15) is 6.04 Å². The van der Waals surface area contributed by atoms with Crippen molar-refractivity contribution in [2.45, 2.75) is 69.9 Å². The van der Waals surface area contributed by atoms with E-state index in [2.05, 4.69) is 10.4 Å². The first-order chi connectivity index (χ1) is 9.75.